The van der Waals surface area contributed by atoms with Crippen molar-refractivity contribution in [2.75, 3.05) is 20.1 Å². The minimum Gasteiger partial charge on any atom is -0.305 e. The Kier molecular flexibility index (Phi) is 3.54. The summed E-state index contributed by atoms with van der Waals surface area (Å²) in [6.45, 7) is 4.75. The van der Waals surface area contributed by atoms with Crippen LogP contribution in [0.1, 0.15) is 32.6 Å². The van der Waals surface area contributed by atoms with Gasteiger partial charge < -0.3 is 4.90 Å². The van der Waals surface area contributed by atoms with Gasteiger partial charge in [-0.2, -0.15) is 0 Å². The van der Waals surface area contributed by atoms with Gasteiger partial charge in [0, 0.05) is 17.9 Å². The van der Waals surface area contributed by atoms with Crippen LogP contribution >= 0.6 is 15.9 Å². The quantitative estimate of drug-likeness (QED) is 0.702. The van der Waals surface area contributed by atoms with Crippen molar-refractivity contribution >= 4 is 15.9 Å². The average Bonchev–Trinajstić information content (AvgIpc) is 2.62. The van der Waals surface area contributed by atoms with E-state index in [2.05, 4.69) is 34.8 Å². The molecule has 0 aromatic carbocycles. The molecule has 2 heteroatoms. The SMILES string of the molecule is CC(Br)CN(C)CC1CC2CCC1C2. The Hall–Kier alpha value is 0.440. The highest BCUT2D eigenvalue weighted by molar-refractivity contribution is 9.09. The number of hydrogen-bond donors (Lipinski definition) is 0. The summed E-state index contributed by atoms with van der Waals surface area (Å²) in [5.74, 6) is 3.19. The average molecular weight is 260 g/mol. The molecule has 1 nitrogen and oxygen atoms in total. The molecule has 0 amide bonds. The van der Waals surface area contributed by atoms with Crippen LogP contribution in [0.3, 0.4) is 0 Å². The van der Waals surface area contributed by atoms with E-state index in [-0.39, 0.29) is 0 Å². The van der Waals surface area contributed by atoms with E-state index in [0.29, 0.717) is 4.83 Å². The standard InChI is InChI=1S/C12H22BrN/c1-9(13)7-14(2)8-12-6-10-3-4-11(12)5-10/h9-12H,3-8H2,1-2H3. The van der Waals surface area contributed by atoms with Gasteiger partial charge in [0.1, 0.15) is 0 Å². The maximum absolute atomic E-state index is 3.62. The largest absolute Gasteiger partial charge is 0.305 e. The first-order chi connectivity index (χ1) is 6.65. The van der Waals surface area contributed by atoms with Crippen LogP contribution in [0.4, 0.5) is 0 Å². The molecule has 0 radical (unpaired) electrons. The second kappa shape index (κ2) is 4.52. The van der Waals surface area contributed by atoms with Crippen molar-refractivity contribution in [1.29, 1.82) is 0 Å². The van der Waals surface area contributed by atoms with Crippen LogP contribution in [0.2, 0.25) is 0 Å². The lowest BCUT2D eigenvalue weighted by molar-refractivity contribution is 0.222. The lowest BCUT2D eigenvalue weighted by Crippen LogP contribution is -2.32. The van der Waals surface area contributed by atoms with Crippen LogP contribution < -0.4 is 0 Å². The minimum atomic E-state index is 0.631. The van der Waals surface area contributed by atoms with Gasteiger partial charge in [0.2, 0.25) is 0 Å². The van der Waals surface area contributed by atoms with Crippen LogP contribution in [-0.2, 0) is 0 Å². The van der Waals surface area contributed by atoms with E-state index in [9.17, 15) is 0 Å². The van der Waals surface area contributed by atoms with Gasteiger partial charge in [-0.25, -0.2) is 0 Å². The summed E-state index contributed by atoms with van der Waals surface area (Å²) in [6, 6.07) is 0. The van der Waals surface area contributed by atoms with E-state index in [0.717, 1.165) is 17.8 Å². The van der Waals surface area contributed by atoms with Crippen molar-refractivity contribution in [2.24, 2.45) is 17.8 Å². The molecule has 2 fully saturated rings. The van der Waals surface area contributed by atoms with E-state index >= 15 is 0 Å². The van der Waals surface area contributed by atoms with Crippen LogP contribution in [0.15, 0.2) is 0 Å². The maximum atomic E-state index is 3.62. The van der Waals surface area contributed by atoms with Gasteiger partial charge in [-0.3, -0.25) is 0 Å². The molecule has 4 atom stereocenters. The Labute approximate surface area is 96.4 Å². The molecule has 82 valence electrons. The Morgan fingerprint density at radius 3 is 2.64 bits per heavy atom. The van der Waals surface area contributed by atoms with E-state index in [4.69, 9.17) is 0 Å². The highest BCUT2D eigenvalue weighted by Gasteiger charge is 2.39. The normalized spacial score (nSPS) is 38.1. The molecule has 0 aromatic heterocycles. The van der Waals surface area contributed by atoms with Crippen LogP contribution in [-0.4, -0.2) is 29.9 Å². The van der Waals surface area contributed by atoms with E-state index in [1.54, 1.807) is 6.42 Å². The van der Waals surface area contributed by atoms with Crippen molar-refractivity contribution in [2.45, 2.75) is 37.4 Å². The van der Waals surface area contributed by atoms with E-state index in [1.165, 1.54) is 32.4 Å². The van der Waals surface area contributed by atoms with Crippen molar-refractivity contribution in [3.05, 3.63) is 0 Å². The minimum absolute atomic E-state index is 0.631. The molecular formula is C12H22BrN. The Morgan fingerprint density at radius 1 is 1.36 bits per heavy atom. The first-order valence-electron chi connectivity index (χ1n) is 5.97. The summed E-state index contributed by atoms with van der Waals surface area (Å²) in [6.07, 6.45) is 6.11. The van der Waals surface area contributed by atoms with Crippen molar-refractivity contribution in [1.82, 2.24) is 4.90 Å². The van der Waals surface area contributed by atoms with Gasteiger partial charge in [-0.15, -0.1) is 0 Å². The molecule has 0 heterocycles. The zero-order chi connectivity index (χ0) is 10.1. The lowest BCUT2D eigenvalue weighted by atomic mass is 9.88. The fraction of sp³-hybridized carbons (Fsp3) is 1.00. The highest BCUT2D eigenvalue weighted by Crippen LogP contribution is 2.48. The van der Waals surface area contributed by atoms with Crippen LogP contribution in [0, 0.1) is 17.8 Å². The first-order valence-corrected chi connectivity index (χ1v) is 6.89. The Balaban J connectivity index is 1.75. The highest BCUT2D eigenvalue weighted by atomic mass is 79.9. The molecule has 2 bridgehead atoms. The van der Waals surface area contributed by atoms with Gasteiger partial charge >= 0.3 is 0 Å². The predicted octanol–water partition coefficient (Wildman–Crippen LogP) is 3.14. The topological polar surface area (TPSA) is 3.24 Å². The van der Waals surface area contributed by atoms with Gasteiger partial charge in [-0.1, -0.05) is 29.3 Å². The summed E-state index contributed by atoms with van der Waals surface area (Å²) in [5, 5.41) is 0. The summed E-state index contributed by atoms with van der Waals surface area (Å²) in [5.41, 5.74) is 0. The van der Waals surface area contributed by atoms with Crippen LogP contribution in [0.5, 0.6) is 0 Å². The molecular weight excluding hydrogens is 238 g/mol. The molecule has 2 aliphatic carbocycles. The van der Waals surface area contributed by atoms with Crippen molar-refractivity contribution < 1.29 is 0 Å². The molecule has 4 unspecified atom stereocenters. The number of nitrogens with zero attached hydrogens (tertiary/aromatic N) is 1. The third-order valence-corrected chi connectivity index (χ3v) is 4.28. The second-order valence-corrected chi connectivity index (χ2v) is 7.00. The molecule has 0 saturated heterocycles. The molecule has 2 saturated carbocycles. The van der Waals surface area contributed by atoms with Crippen molar-refractivity contribution in [3.63, 3.8) is 0 Å². The molecule has 0 aliphatic heterocycles. The Morgan fingerprint density at radius 2 is 2.14 bits per heavy atom. The third kappa shape index (κ3) is 2.52. The van der Waals surface area contributed by atoms with Crippen LogP contribution in [0.25, 0.3) is 0 Å². The zero-order valence-electron chi connectivity index (χ0n) is 9.38. The number of rotatable bonds is 4. The molecule has 2 aliphatic rings. The second-order valence-electron chi connectivity index (χ2n) is 5.44. The van der Waals surface area contributed by atoms with Gasteiger partial charge in [-0.05, 0) is 44.1 Å². The fourth-order valence-electron chi connectivity index (χ4n) is 3.50. The molecule has 2 rings (SSSR count). The Bertz CT molecular complexity index is 193. The van der Waals surface area contributed by atoms with Gasteiger partial charge in [0.15, 0.2) is 0 Å². The molecule has 14 heavy (non-hydrogen) atoms. The molecule has 0 aromatic rings. The number of hydrogen-bond acceptors (Lipinski definition) is 1. The fourth-order valence-corrected chi connectivity index (χ4v) is 4.00. The first kappa shape index (κ1) is 10.9. The predicted molar refractivity (Wildman–Crippen MR) is 64.8 cm³/mol. The van der Waals surface area contributed by atoms with Gasteiger partial charge in [0.25, 0.3) is 0 Å². The third-order valence-electron chi connectivity index (χ3n) is 3.99. The summed E-state index contributed by atoms with van der Waals surface area (Å²) in [4.78, 5) is 3.14. The number of halogens is 1. The monoisotopic (exact) mass is 259 g/mol. The molecule has 0 N–H and O–H groups in total. The smallest absolute Gasteiger partial charge is 0.0244 e. The van der Waals surface area contributed by atoms with Gasteiger partial charge in [0.05, 0.1) is 0 Å². The lowest BCUT2D eigenvalue weighted by Gasteiger charge is -2.27. The molecule has 0 spiro atoms. The number of fused-ring (bicyclic) bond motifs is 2. The maximum Gasteiger partial charge on any atom is 0.0244 e. The number of alkyl halides is 1. The zero-order valence-corrected chi connectivity index (χ0v) is 11.0. The van der Waals surface area contributed by atoms with Crippen molar-refractivity contribution in [3.8, 4) is 0 Å². The summed E-state index contributed by atoms with van der Waals surface area (Å²) < 4.78 is 0. The summed E-state index contributed by atoms with van der Waals surface area (Å²) >= 11 is 3.62. The summed E-state index contributed by atoms with van der Waals surface area (Å²) in [7, 11) is 2.27. The van der Waals surface area contributed by atoms with E-state index < -0.39 is 0 Å². The van der Waals surface area contributed by atoms with E-state index in [1.807, 2.05) is 0 Å².